The highest BCUT2D eigenvalue weighted by Gasteiger charge is 2.36. The monoisotopic (exact) mass is 328 g/mol. The second kappa shape index (κ2) is 6.38. The van der Waals surface area contributed by atoms with E-state index in [-0.39, 0.29) is 24.1 Å². The quantitative estimate of drug-likeness (QED) is 0.631. The van der Waals surface area contributed by atoms with Crippen LogP contribution in [0.3, 0.4) is 0 Å². The topological polar surface area (TPSA) is 9.23 Å². The number of alkyl halides is 3. The predicted octanol–water partition coefficient (Wildman–Crippen LogP) is 5.87. The van der Waals surface area contributed by atoms with Crippen molar-refractivity contribution in [2.45, 2.75) is 39.3 Å². The molecule has 0 saturated heterocycles. The van der Waals surface area contributed by atoms with Crippen molar-refractivity contribution < 1.29 is 22.3 Å². The molecule has 1 aromatic rings. The maximum Gasteiger partial charge on any atom is 0.412 e. The fourth-order valence-electron chi connectivity index (χ4n) is 2.84. The lowest BCUT2D eigenvalue weighted by Crippen LogP contribution is -2.17. The van der Waals surface area contributed by atoms with E-state index in [2.05, 4.69) is 0 Å². The lowest BCUT2D eigenvalue weighted by molar-refractivity contribution is -0.0948. The van der Waals surface area contributed by atoms with E-state index in [1.165, 1.54) is 19.3 Å². The zero-order chi connectivity index (χ0) is 17.4. The van der Waals surface area contributed by atoms with Crippen molar-refractivity contribution in [3.05, 3.63) is 46.8 Å². The molecule has 1 atom stereocenters. The molecule has 23 heavy (non-hydrogen) atoms. The number of ether oxygens (including phenoxy) is 1. The van der Waals surface area contributed by atoms with Crippen molar-refractivity contribution in [3.8, 4) is 5.75 Å². The van der Waals surface area contributed by atoms with E-state index in [1.54, 1.807) is 13.0 Å². The van der Waals surface area contributed by atoms with Gasteiger partial charge in [-0.05, 0) is 35.5 Å². The molecular weight excluding hydrogens is 308 g/mol. The maximum absolute atomic E-state index is 14.1. The highest BCUT2D eigenvalue weighted by Crippen LogP contribution is 2.42. The average molecular weight is 328 g/mol. The first-order valence-corrected chi connectivity index (χ1v) is 7.50. The Kier molecular flexibility index (Phi) is 4.87. The maximum atomic E-state index is 14.1. The second-order valence-electron chi connectivity index (χ2n) is 6.15. The van der Waals surface area contributed by atoms with Gasteiger partial charge in [-0.2, -0.15) is 13.2 Å². The molecule has 0 saturated carbocycles. The first-order chi connectivity index (χ1) is 10.6. The summed E-state index contributed by atoms with van der Waals surface area (Å²) < 4.78 is 57.8. The molecule has 0 radical (unpaired) electrons. The fourth-order valence-corrected chi connectivity index (χ4v) is 2.84. The molecule has 0 heterocycles. The van der Waals surface area contributed by atoms with Crippen molar-refractivity contribution in [1.82, 2.24) is 0 Å². The average Bonchev–Trinajstić information content (AvgIpc) is 2.45. The van der Waals surface area contributed by atoms with Gasteiger partial charge in [-0.1, -0.05) is 32.9 Å². The van der Waals surface area contributed by atoms with E-state index in [4.69, 9.17) is 4.74 Å². The third-order valence-electron chi connectivity index (χ3n) is 4.14. The molecule has 0 bridgehead atoms. The van der Waals surface area contributed by atoms with Crippen molar-refractivity contribution in [2.75, 3.05) is 7.11 Å². The van der Waals surface area contributed by atoms with Gasteiger partial charge in [0.25, 0.3) is 0 Å². The largest absolute Gasteiger partial charge is 0.496 e. The van der Waals surface area contributed by atoms with Gasteiger partial charge in [0.2, 0.25) is 0 Å². The number of hydrogen-bond acceptors (Lipinski definition) is 1. The number of benzene rings is 1. The van der Waals surface area contributed by atoms with Crippen LogP contribution in [-0.4, -0.2) is 13.3 Å². The lowest BCUT2D eigenvalue weighted by Gasteiger charge is -2.25. The Hall–Kier alpha value is -1.78. The van der Waals surface area contributed by atoms with Crippen LogP contribution in [0.5, 0.6) is 5.75 Å². The summed E-state index contributed by atoms with van der Waals surface area (Å²) >= 11 is 0. The molecule has 5 heteroatoms. The first-order valence-electron chi connectivity index (χ1n) is 7.50. The van der Waals surface area contributed by atoms with E-state index >= 15 is 0 Å². The van der Waals surface area contributed by atoms with Crippen LogP contribution in [0.15, 0.2) is 29.9 Å². The van der Waals surface area contributed by atoms with Gasteiger partial charge in [0, 0.05) is 17.2 Å². The summed E-state index contributed by atoms with van der Waals surface area (Å²) in [4.78, 5) is 0. The van der Waals surface area contributed by atoms with E-state index in [0.29, 0.717) is 16.9 Å². The molecule has 0 N–H and O–H groups in total. The molecular formula is C18H20F4O. The van der Waals surface area contributed by atoms with Gasteiger partial charge in [0.05, 0.1) is 7.11 Å². The van der Waals surface area contributed by atoms with Crippen LogP contribution in [0.25, 0.3) is 5.57 Å². The Morgan fingerprint density at radius 3 is 2.30 bits per heavy atom. The van der Waals surface area contributed by atoms with Crippen molar-refractivity contribution in [2.24, 2.45) is 5.92 Å². The molecule has 0 amide bonds. The molecule has 0 unspecified atom stereocenters. The van der Waals surface area contributed by atoms with E-state index in [0.717, 1.165) is 11.6 Å². The van der Waals surface area contributed by atoms with Crippen LogP contribution >= 0.6 is 0 Å². The van der Waals surface area contributed by atoms with Gasteiger partial charge in [-0.15, -0.1) is 0 Å². The second-order valence-corrected chi connectivity index (χ2v) is 6.15. The van der Waals surface area contributed by atoms with Crippen LogP contribution < -0.4 is 4.74 Å². The fraction of sp³-hybridized carbons (Fsp3) is 0.444. The minimum atomic E-state index is -4.31. The Labute approximate surface area is 133 Å². The highest BCUT2D eigenvalue weighted by molar-refractivity contribution is 5.75. The molecule has 0 aliphatic heterocycles. The molecule has 1 aromatic carbocycles. The highest BCUT2D eigenvalue weighted by atomic mass is 19.4. The van der Waals surface area contributed by atoms with Crippen LogP contribution in [0.1, 0.15) is 44.2 Å². The summed E-state index contributed by atoms with van der Waals surface area (Å²) in [5.74, 6) is -0.374. The van der Waals surface area contributed by atoms with Crippen molar-refractivity contribution in [3.63, 3.8) is 0 Å². The Bertz CT molecular complexity index is 654. The Morgan fingerprint density at radius 1 is 1.17 bits per heavy atom. The third kappa shape index (κ3) is 3.59. The summed E-state index contributed by atoms with van der Waals surface area (Å²) in [6.45, 7) is 5.48. The summed E-state index contributed by atoms with van der Waals surface area (Å²) in [5, 5.41) is 0. The number of hydrogen-bond donors (Lipinski definition) is 0. The standard InChI is InChI=1S/C18H20F4O/c1-10(2)14-8-15(17(23-4)9-16(14)19)13-6-5-12(7-11(13)3)18(20,21)22/h5-6,8-11H,7H2,1-4H3/t11-/m1/s1. The molecule has 0 fully saturated rings. The number of halogens is 4. The molecule has 2 rings (SSSR count). The van der Waals surface area contributed by atoms with Crippen LogP contribution in [0.4, 0.5) is 17.6 Å². The zero-order valence-corrected chi connectivity index (χ0v) is 13.6. The lowest BCUT2D eigenvalue weighted by atomic mass is 9.83. The molecule has 1 nitrogen and oxygen atoms in total. The van der Waals surface area contributed by atoms with Gasteiger partial charge in [-0.25, -0.2) is 4.39 Å². The van der Waals surface area contributed by atoms with Gasteiger partial charge in [0.15, 0.2) is 0 Å². The molecule has 1 aliphatic rings. The van der Waals surface area contributed by atoms with E-state index in [1.807, 2.05) is 13.8 Å². The van der Waals surface area contributed by atoms with E-state index in [9.17, 15) is 17.6 Å². The SMILES string of the molecule is COc1cc(F)c(C(C)C)cc1C1=CC=C(C(F)(F)F)C[C@H]1C. The minimum absolute atomic E-state index is 0.0274. The molecule has 1 aliphatic carbocycles. The summed E-state index contributed by atoms with van der Waals surface area (Å²) in [6.07, 6.45) is -1.83. The van der Waals surface area contributed by atoms with Gasteiger partial charge in [0.1, 0.15) is 11.6 Å². The van der Waals surface area contributed by atoms with E-state index < -0.39 is 11.7 Å². The molecule has 0 spiro atoms. The smallest absolute Gasteiger partial charge is 0.412 e. The number of rotatable bonds is 3. The zero-order valence-electron chi connectivity index (χ0n) is 13.6. The van der Waals surface area contributed by atoms with Gasteiger partial charge < -0.3 is 4.74 Å². The summed E-state index contributed by atoms with van der Waals surface area (Å²) in [6, 6.07) is 2.99. The summed E-state index contributed by atoms with van der Waals surface area (Å²) in [5.41, 5.74) is 1.37. The Morgan fingerprint density at radius 2 is 1.83 bits per heavy atom. The first kappa shape index (κ1) is 17.6. The number of allylic oxidation sites excluding steroid dienone is 4. The minimum Gasteiger partial charge on any atom is -0.496 e. The number of methoxy groups -OCH3 is 1. The van der Waals surface area contributed by atoms with Crippen LogP contribution in [-0.2, 0) is 0 Å². The normalized spacial score (nSPS) is 18.7. The van der Waals surface area contributed by atoms with Crippen molar-refractivity contribution >= 4 is 5.57 Å². The third-order valence-corrected chi connectivity index (χ3v) is 4.14. The molecule has 0 aromatic heterocycles. The van der Waals surface area contributed by atoms with Gasteiger partial charge >= 0.3 is 6.18 Å². The van der Waals surface area contributed by atoms with Crippen molar-refractivity contribution in [1.29, 1.82) is 0 Å². The molecule has 126 valence electrons. The van der Waals surface area contributed by atoms with Crippen LogP contribution in [0.2, 0.25) is 0 Å². The van der Waals surface area contributed by atoms with Crippen LogP contribution in [0, 0.1) is 11.7 Å². The Balaban J connectivity index is 2.55. The summed E-state index contributed by atoms with van der Waals surface area (Å²) in [7, 11) is 1.43. The van der Waals surface area contributed by atoms with Gasteiger partial charge in [-0.3, -0.25) is 0 Å². The predicted molar refractivity (Wildman–Crippen MR) is 82.9 cm³/mol.